The molecule has 0 fully saturated rings. The number of rotatable bonds is 2. The van der Waals surface area contributed by atoms with Gasteiger partial charge >= 0.3 is 0 Å². The molecule has 0 aliphatic heterocycles. The predicted molar refractivity (Wildman–Crippen MR) is 56.1 cm³/mol. The first-order valence-electron chi connectivity index (χ1n) is 4.74. The second-order valence-electron chi connectivity index (χ2n) is 3.96. The van der Waals surface area contributed by atoms with Crippen LogP contribution in [-0.4, -0.2) is 17.1 Å². The molecular formula is C11H13FN2O. The topological polar surface area (TPSA) is 37.9 Å². The summed E-state index contributed by atoms with van der Waals surface area (Å²) in [7, 11) is 1.62. The molecule has 0 aliphatic rings. The van der Waals surface area contributed by atoms with Crippen LogP contribution in [0.5, 0.6) is 0 Å². The predicted octanol–water partition coefficient (Wildman–Crippen LogP) is 2.58. The average Bonchev–Trinajstić information content (AvgIpc) is 2.61. The van der Waals surface area contributed by atoms with Gasteiger partial charge in [0.05, 0.1) is 11.0 Å². The Kier molecular flexibility index (Phi) is 2.23. The molecule has 1 aromatic carbocycles. The van der Waals surface area contributed by atoms with Gasteiger partial charge in [0.15, 0.2) is 0 Å². The third-order valence-electron chi connectivity index (χ3n) is 2.52. The van der Waals surface area contributed by atoms with Gasteiger partial charge < -0.3 is 9.72 Å². The number of aromatic nitrogens is 2. The number of H-pyrrole nitrogens is 1. The molecule has 4 heteroatoms. The van der Waals surface area contributed by atoms with E-state index in [-0.39, 0.29) is 5.82 Å². The van der Waals surface area contributed by atoms with Gasteiger partial charge in [-0.15, -0.1) is 0 Å². The molecule has 2 aromatic rings. The number of ether oxygens (including phenoxy) is 1. The van der Waals surface area contributed by atoms with Crippen LogP contribution in [0.3, 0.4) is 0 Å². The number of methoxy groups -OCH3 is 1. The summed E-state index contributed by atoms with van der Waals surface area (Å²) < 4.78 is 18.2. The van der Waals surface area contributed by atoms with Gasteiger partial charge in [-0.3, -0.25) is 0 Å². The number of hydrogen-bond acceptors (Lipinski definition) is 2. The first kappa shape index (κ1) is 10.1. The Morgan fingerprint density at radius 3 is 2.80 bits per heavy atom. The maximum Gasteiger partial charge on any atom is 0.139 e. The van der Waals surface area contributed by atoms with Crippen molar-refractivity contribution in [2.75, 3.05) is 7.11 Å². The molecule has 0 amide bonds. The van der Waals surface area contributed by atoms with E-state index in [1.54, 1.807) is 13.2 Å². The lowest BCUT2D eigenvalue weighted by Gasteiger charge is -2.19. The van der Waals surface area contributed by atoms with Gasteiger partial charge in [0.25, 0.3) is 0 Å². The van der Waals surface area contributed by atoms with Crippen molar-refractivity contribution in [3.05, 3.63) is 29.8 Å². The molecule has 0 atom stereocenters. The van der Waals surface area contributed by atoms with E-state index < -0.39 is 5.60 Å². The van der Waals surface area contributed by atoms with E-state index in [0.29, 0.717) is 11.3 Å². The highest BCUT2D eigenvalue weighted by Gasteiger charge is 2.23. The fourth-order valence-electron chi connectivity index (χ4n) is 1.36. The second kappa shape index (κ2) is 3.31. The second-order valence-corrected chi connectivity index (χ2v) is 3.96. The van der Waals surface area contributed by atoms with Crippen LogP contribution in [0.4, 0.5) is 4.39 Å². The average molecular weight is 208 g/mol. The summed E-state index contributed by atoms with van der Waals surface area (Å²) in [4.78, 5) is 7.40. The van der Waals surface area contributed by atoms with Gasteiger partial charge in [-0.05, 0) is 32.0 Å². The summed E-state index contributed by atoms with van der Waals surface area (Å²) in [5, 5.41) is 0. The van der Waals surface area contributed by atoms with Gasteiger partial charge in [0, 0.05) is 7.11 Å². The Bertz CT molecular complexity index is 490. The summed E-state index contributed by atoms with van der Waals surface area (Å²) in [6, 6.07) is 4.47. The molecule has 2 rings (SSSR count). The van der Waals surface area contributed by atoms with E-state index in [1.807, 2.05) is 13.8 Å². The van der Waals surface area contributed by atoms with E-state index in [0.717, 1.165) is 5.52 Å². The highest BCUT2D eigenvalue weighted by molar-refractivity contribution is 5.75. The normalized spacial score (nSPS) is 12.3. The highest BCUT2D eigenvalue weighted by atomic mass is 19.1. The third-order valence-corrected chi connectivity index (χ3v) is 2.52. The summed E-state index contributed by atoms with van der Waals surface area (Å²) in [6.07, 6.45) is 0. The highest BCUT2D eigenvalue weighted by Crippen LogP contribution is 2.23. The van der Waals surface area contributed by atoms with Gasteiger partial charge in [-0.1, -0.05) is 0 Å². The summed E-state index contributed by atoms with van der Waals surface area (Å²) in [5.41, 5.74) is 0.946. The quantitative estimate of drug-likeness (QED) is 0.823. The lowest BCUT2D eigenvalue weighted by atomic mass is 10.1. The van der Waals surface area contributed by atoms with E-state index >= 15 is 0 Å². The molecule has 0 aliphatic carbocycles. The lowest BCUT2D eigenvalue weighted by Crippen LogP contribution is -2.21. The van der Waals surface area contributed by atoms with Crippen LogP contribution in [0.2, 0.25) is 0 Å². The smallest absolute Gasteiger partial charge is 0.139 e. The lowest BCUT2D eigenvalue weighted by molar-refractivity contribution is 0.0124. The van der Waals surface area contributed by atoms with Crippen molar-refractivity contribution in [1.29, 1.82) is 0 Å². The zero-order valence-corrected chi connectivity index (χ0v) is 8.97. The van der Waals surface area contributed by atoms with Crippen LogP contribution in [0, 0.1) is 5.82 Å². The number of imidazole rings is 1. The molecule has 15 heavy (non-hydrogen) atoms. The molecule has 80 valence electrons. The molecule has 0 bridgehead atoms. The zero-order chi connectivity index (χ0) is 11.1. The van der Waals surface area contributed by atoms with Crippen LogP contribution < -0.4 is 0 Å². The number of benzene rings is 1. The third kappa shape index (κ3) is 1.72. The van der Waals surface area contributed by atoms with Gasteiger partial charge in [0.1, 0.15) is 17.2 Å². The van der Waals surface area contributed by atoms with Crippen molar-refractivity contribution in [3.63, 3.8) is 0 Å². The van der Waals surface area contributed by atoms with Crippen LogP contribution in [0.15, 0.2) is 18.2 Å². The largest absolute Gasteiger partial charge is 0.371 e. The van der Waals surface area contributed by atoms with E-state index in [4.69, 9.17) is 4.74 Å². The minimum atomic E-state index is -0.491. The van der Waals surface area contributed by atoms with Gasteiger partial charge in [0.2, 0.25) is 0 Å². The maximum absolute atomic E-state index is 12.9. The molecule has 0 saturated heterocycles. The van der Waals surface area contributed by atoms with E-state index in [2.05, 4.69) is 9.97 Å². The van der Waals surface area contributed by atoms with Crippen LogP contribution in [0.25, 0.3) is 11.0 Å². The van der Waals surface area contributed by atoms with Crippen molar-refractivity contribution >= 4 is 11.0 Å². The minimum Gasteiger partial charge on any atom is -0.371 e. The Morgan fingerprint density at radius 2 is 2.13 bits per heavy atom. The van der Waals surface area contributed by atoms with Crippen LogP contribution >= 0.6 is 0 Å². The number of fused-ring (bicyclic) bond motifs is 1. The van der Waals surface area contributed by atoms with Gasteiger partial charge in [-0.2, -0.15) is 0 Å². The minimum absolute atomic E-state index is 0.270. The fraction of sp³-hybridized carbons (Fsp3) is 0.364. The molecule has 0 unspecified atom stereocenters. The first-order chi connectivity index (χ1) is 7.03. The SMILES string of the molecule is COC(C)(C)c1nc2ccc(F)cc2[nH]1. The summed E-state index contributed by atoms with van der Waals surface area (Å²) in [6.45, 7) is 3.81. The van der Waals surface area contributed by atoms with Gasteiger partial charge in [-0.25, -0.2) is 9.37 Å². The van der Waals surface area contributed by atoms with Crippen molar-refractivity contribution < 1.29 is 9.13 Å². The number of aromatic amines is 1. The number of halogens is 1. The van der Waals surface area contributed by atoms with E-state index in [9.17, 15) is 4.39 Å². The van der Waals surface area contributed by atoms with Crippen molar-refractivity contribution in [2.45, 2.75) is 19.4 Å². The molecule has 0 spiro atoms. The first-order valence-corrected chi connectivity index (χ1v) is 4.74. The molecule has 3 nitrogen and oxygen atoms in total. The molecule has 1 heterocycles. The van der Waals surface area contributed by atoms with Crippen LogP contribution in [-0.2, 0) is 10.3 Å². The molecule has 1 N–H and O–H groups in total. The summed E-state index contributed by atoms with van der Waals surface area (Å²) in [5.74, 6) is 0.429. The monoisotopic (exact) mass is 208 g/mol. The molecule has 1 aromatic heterocycles. The van der Waals surface area contributed by atoms with E-state index in [1.165, 1.54) is 12.1 Å². The Labute approximate surface area is 87.3 Å². The Balaban J connectivity index is 2.56. The standard InChI is InChI=1S/C11H13FN2O/c1-11(2,15-3)10-13-8-5-4-7(12)6-9(8)14-10/h4-6H,1-3H3,(H,13,14). The molecule has 0 radical (unpaired) electrons. The number of nitrogens with zero attached hydrogens (tertiary/aromatic N) is 1. The zero-order valence-electron chi connectivity index (χ0n) is 8.97. The number of hydrogen-bond donors (Lipinski definition) is 1. The fourth-order valence-corrected chi connectivity index (χ4v) is 1.36. The number of nitrogens with one attached hydrogen (secondary N) is 1. The van der Waals surface area contributed by atoms with Crippen molar-refractivity contribution in [1.82, 2.24) is 9.97 Å². The van der Waals surface area contributed by atoms with Crippen molar-refractivity contribution in [3.8, 4) is 0 Å². The Hall–Kier alpha value is -1.42. The van der Waals surface area contributed by atoms with Crippen LogP contribution in [0.1, 0.15) is 19.7 Å². The summed E-state index contributed by atoms with van der Waals surface area (Å²) >= 11 is 0. The Morgan fingerprint density at radius 1 is 1.40 bits per heavy atom. The molecular weight excluding hydrogens is 195 g/mol. The molecule has 0 saturated carbocycles. The maximum atomic E-state index is 12.9. The van der Waals surface area contributed by atoms with Crippen molar-refractivity contribution in [2.24, 2.45) is 0 Å².